The molecule has 0 heterocycles. The van der Waals surface area contributed by atoms with Gasteiger partial charge in [0.15, 0.2) is 0 Å². The first-order valence-electron chi connectivity index (χ1n) is 5.21. The van der Waals surface area contributed by atoms with Crippen LogP contribution in [0.2, 0.25) is 0 Å². The maximum atomic E-state index is 10.4. The summed E-state index contributed by atoms with van der Waals surface area (Å²) in [5.74, 6) is -1.74. The minimum atomic E-state index is -0.868. The van der Waals surface area contributed by atoms with Crippen LogP contribution in [0, 0.1) is 0 Å². The fourth-order valence-electron chi connectivity index (χ4n) is 1.28. The number of aliphatic carboxylic acids is 2. The van der Waals surface area contributed by atoms with E-state index in [0.29, 0.717) is 26.2 Å². The second-order valence-electron chi connectivity index (χ2n) is 3.48. The number of carbonyl (C=O) groups is 2. The zero-order valence-corrected chi connectivity index (χ0v) is 9.52. The van der Waals surface area contributed by atoms with Crippen LogP contribution in [0.1, 0.15) is 19.3 Å². The summed E-state index contributed by atoms with van der Waals surface area (Å²) in [5.41, 5.74) is 0. The SMILES string of the molecule is COCCCN(CCC(=O)O)CCC(=O)O. The minimum Gasteiger partial charge on any atom is -0.481 e. The lowest BCUT2D eigenvalue weighted by molar-refractivity contribution is -0.137. The van der Waals surface area contributed by atoms with Crippen LogP contribution in [0.15, 0.2) is 0 Å². The van der Waals surface area contributed by atoms with Crippen LogP contribution in [-0.4, -0.2) is 60.4 Å². The highest BCUT2D eigenvalue weighted by atomic mass is 16.5. The molecule has 0 aliphatic rings. The first-order chi connectivity index (χ1) is 7.56. The fraction of sp³-hybridized carbons (Fsp3) is 0.800. The lowest BCUT2D eigenvalue weighted by Crippen LogP contribution is -2.30. The molecule has 0 unspecified atom stereocenters. The van der Waals surface area contributed by atoms with Crippen LogP contribution in [0.25, 0.3) is 0 Å². The third kappa shape index (κ3) is 9.42. The highest BCUT2D eigenvalue weighted by Gasteiger charge is 2.09. The average molecular weight is 233 g/mol. The van der Waals surface area contributed by atoms with Crippen LogP contribution >= 0.6 is 0 Å². The Kier molecular flexibility index (Phi) is 8.46. The smallest absolute Gasteiger partial charge is 0.304 e. The monoisotopic (exact) mass is 233 g/mol. The van der Waals surface area contributed by atoms with Gasteiger partial charge in [-0.25, -0.2) is 0 Å². The van der Waals surface area contributed by atoms with Crippen LogP contribution in [0.3, 0.4) is 0 Å². The molecule has 0 radical (unpaired) electrons. The maximum absolute atomic E-state index is 10.4. The normalized spacial score (nSPS) is 10.6. The van der Waals surface area contributed by atoms with E-state index in [-0.39, 0.29) is 12.8 Å². The molecule has 0 amide bonds. The average Bonchev–Trinajstić information content (AvgIpc) is 2.21. The second kappa shape index (κ2) is 9.11. The van der Waals surface area contributed by atoms with E-state index < -0.39 is 11.9 Å². The molecule has 0 aromatic carbocycles. The molecule has 2 N–H and O–H groups in total. The molecule has 0 saturated heterocycles. The van der Waals surface area contributed by atoms with Crippen molar-refractivity contribution in [3.05, 3.63) is 0 Å². The van der Waals surface area contributed by atoms with Crippen molar-refractivity contribution in [1.82, 2.24) is 4.90 Å². The van der Waals surface area contributed by atoms with Gasteiger partial charge >= 0.3 is 11.9 Å². The van der Waals surface area contributed by atoms with Crippen molar-refractivity contribution in [3.8, 4) is 0 Å². The van der Waals surface area contributed by atoms with E-state index >= 15 is 0 Å². The standard InChI is InChI=1S/C10H19NO5/c1-16-8-2-5-11(6-3-9(12)13)7-4-10(14)15/h2-8H2,1H3,(H,12,13)(H,14,15). The predicted octanol–water partition coefficient (Wildman–Crippen LogP) is 0.274. The molecular weight excluding hydrogens is 214 g/mol. The van der Waals surface area contributed by atoms with Gasteiger partial charge in [0.2, 0.25) is 0 Å². The Balaban J connectivity index is 3.84. The molecule has 0 aromatic rings. The van der Waals surface area contributed by atoms with Crippen LogP contribution < -0.4 is 0 Å². The first-order valence-corrected chi connectivity index (χ1v) is 5.21. The van der Waals surface area contributed by atoms with Crippen LogP contribution in [0.5, 0.6) is 0 Å². The summed E-state index contributed by atoms with van der Waals surface area (Å²) in [6, 6.07) is 0. The van der Waals surface area contributed by atoms with Gasteiger partial charge < -0.3 is 19.8 Å². The number of ether oxygens (including phenoxy) is 1. The van der Waals surface area contributed by atoms with Crippen molar-refractivity contribution in [3.63, 3.8) is 0 Å². The topological polar surface area (TPSA) is 87.1 Å². The Morgan fingerprint density at radius 2 is 1.56 bits per heavy atom. The summed E-state index contributed by atoms with van der Waals surface area (Å²) in [7, 11) is 1.60. The highest BCUT2D eigenvalue weighted by Crippen LogP contribution is 1.97. The Labute approximate surface area is 94.8 Å². The van der Waals surface area contributed by atoms with E-state index in [1.165, 1.54) is 0 Å². The summed E-state index contributed by atoms with van der Waals surface area (Å²) in [6.07, 6.45) is 0.842. The molecule has 0 aromatic heterocycles. The molecule has 0 fully saturated rings. The number of nitrogens with zero attached hydrogens (tertiary/aromatic N) is 1. The molecule has 0 spiro atoms. The van der Waals surface area contributed by atoms with Gasteiger partial charge in [-0.05, 0) is 6.42 Å². The molecule has 16 heavy (non-hydrogen) atoms. The lowest BCUT2D eigenvalue weighted by Gasteiger charge is -2.20. The van der Waals surface area contributed by atoms with Crippen molar-refractivity contribution in [2.75, 3.05) is 33.4 Å². The summed E-state index contributed by atoms with van der Waals surface area (Å²) >= 11 is 0. The molecule has 0 saturated carbocycles. The zero-order valence-electron chi connectivity index (χ0n) is 9.52. The molecular formula is C10H19NO5. The molecule has 0 aliphatic carbocycles. The summed E-state index contributed by atoms with van der Waals surface area (Å²) < 4.78 is 4.88. The molecule has 0 atom stereocenters. The van der Waals surface area contributed by atoms with Crippen molar-refractivity contribution >= 4 is 11.9 Å². The Morgan fingerprint density at radius 3 is 1.94 bits per heavy atom. The summed E-state index contributed by atoms with van der Waals surface area (Å²) in [6.45, 7) is 2.02. The third-order valence-electron chi connectivity index (χ3n) is 2.11. The van der Waals surface area contributed by atoms with E-state index in [1.54, 1.807) is 7.11 Å². The molecule has 6 nitrogen and oxygen atoms in total. The summed E-state index contributed by atoms with van der Waals surface area (Å²) in [5, 5.41) is 17.1. The molecule has 0 aliphatic heterocycles. The zero-order chi connectivity index (χ0) is 12.4. The van der Waals surface area contributed by atoms with Gasteiger partial charge in [-0.2, -0.15) is 0 Å². The Bertz CT molecular complexity index is 201. The molecule has 0 rings (SSSR count). The van der Waals surface area contributed by atoms with Gasteiger partial charge in [-0.15, -0.1) is 0 Å². The molecule has 94 valence electrons. The van der Waals surface area contributed by atoms with Gasteiger partial charge in [-0.1, -0.05) is 0 Å². The second-order valence-corrected chi connectivity index (χ2v) is 3.48. The van der Waals surface area contributed by atoms with Gasteiger partial charge in [0, 0.05) is 33.4 Å². The Morgan fingerprint density at radius 1 is 1.06 bits per heavy atom. The van der Waals surface area contributed by atoms with E-state index in [4.69, 9.17) is 14.9 Å². The maximum Gasteiger partial charge on any atom is 0.304 e. The molecule has 6 heteroatoms. The Hall–Kier alpha value is -1.14. The van der Waals surface area contributed by atoms with E-state index in [1.807, 2.05) is 4.90 Å². The largest absolute Gasteiger partial charge is 0.481 e. The minimum absolute atomic E-state index is 0.0343. The van der Waals surface area contributed by atoms with Crippen molar-refractivity contribution in [2.45, 2.75) is 19.3 Å². The lowest BCUT2D eigenvalue weighted by atomic mass is 10.3. The van der Waals surface area contributed by atoms with Gasteiger partial charge in [0.1, 0.15) is 0 Å². The van der Waals surface area contributed by atoms with Crippen LogP contribution in [0.4, 0.5) is 0 Å². The predicted molar refractivity (Wildman–Crippen MR) is 57.4 cm³/mol. The third-order valence-corrected chi connectivity index (χ3v) is 2.11. The summed E-state index contributed by atoms with van der Waals surface area (Å²) in [4.78, 5) is 22.6. The van der Waals surface area contributed by atoms with Crippen molar-refractivity contribution in [2.24, 2.45) is 0 Å². The van der Waals surface area contributed by atoms with Crippen molar-refractivity contribution < 1.29 is 24.5 Å². The van der Waals surface area contributed by atoms with Gasteiger partial charge in [0.25, 0.3) is 0 Å². The van der Waals surface area contributed by atoms with E-state index in [0.717, 1.165) is 6.42 Å². The number of hydrogen-bond acceptors (Lipinski definition) is 4. The number of carboxylic acids is 2. The molecule has 0 bridgehead atoms. The number of hydrogen-bond donors (Lipinski definition) is 2. The van der Waals surface area contributed by atoms with Gasteiger partial charge in [-0.3, -0.25) is 9.59 Å². The van der Waals surface area contributed by atoms with Gasteiger partial charge in [0.05, 0.1) is 12.8 Å². The van der Waals surface area contributed by atoms with E-state index in [2.05, 4.69) is 0 Å². The number of rotatable bonds is 10. The number of carboxylic acid groups (broad SMARTS) is 2. The van der Waals surface area contributed by atoms with Crippen molar-refractivity contribution in [1.29, 1.82) is 0 Å². The quantitative estimate of drug-likeness (QED) is 0.527. The first kappa shape index (κ1) is 14.9. The van der Waals surface area contributed by atoms with E-state index in [9.17, 15) is 9.59 Å². The number of methoxy groups -OCH3 is 1. The fourth-order valence-corrected chi connectivity index (χ4v) is 1.28. The van der Waals surface area contributed by atoms with Crippen LogP contribution in [-0.2, 0) is 14.3 Å². The highest BCUT2D eigenvalue weighted by molar-refractivity contribution is 5.67.